The molecule has 0 bridgehead atoms. The average Bonchev–Trinajstić information content (AvgIpc) is 2.38. The molecule has 23 heavy (non-hydrogen) atoms. The Kier molecular flexibility index (Phi) is 9.68. The first kappa shape index (κ1) is 24.1. The van der Waals surface area contributed by atoms with Crippen LogP contribution in [-0.2, 0) is 17.7 Å². The number of rotatable bonds is 1. The average molecular weight is 340 g/mol. The molecule has 0 aliphatic carbocycles. The zero-order valence-corrected chi connectivity index (χ0v) is 14.3. The van der Waals surface area contributed by atoms with Crippen LogP contribution in [0.4, 0.5) is 26.3 Å². The minimum Gasteiger partial charge on any atom is -0.166 e. The molecule has 0 aliphatic heterocycles. The molecule has 0 nitrogen and oxygen atoms in total. The molecule has 0 heterocycles. The van der Waals surface area contributed by atoms with Gasteiger partial charge in [-0.1, -0.05) is 48.0 Å². The van der Waals surface area contributed by atoms with Gasteiger partial charge in [-0.15, -0.1) is 0 Å². The van der Waals surface area contributed by atoms with Gasteiger partial charge in [0.1, 0.15) is 0 Å². The predicted octanol–water partition coefficient (Wildman–Crippen LogP) is 6.57. The summed E-state index contributed by atoms with van der Waals surface area (Å²) in [4.78, 5) is 0. The van der Waals surface area contributed by atoms with Crippen LogP contribution in [0.25, 0.3) is 0 Å². The van der Waals surface area contributed by atoms with Crippen molar-refractivity contribution in [3.05, 3.63) is 34.9 Å². The number of hydrogen-bond acceptors (Lipinski definition) is 0. The van der Waals surface area contributed by atoms with E-state index < -0.39 is 28.8 Å². The van der Waals surface area contributed by atoms with Crippen LogP contribution in [0.15, 0.2) is 18.2 Å². The summed E-state index contributed by atoms with van der Waals surface area (Å²) in [6.45, 7) is 10.9. The lowest BCUT2D eigenvalue weighted by Gasteiger charge is -2.23. The SMILES string of the molecule is CC.CCC.[B]C(C)(C)c1cc(C(F)(F)F)cc(C(F)(F)F)c1. The molecule has 1 aromatic rings. The van der Waals surface area contributed by atoms with Gasteiger partial charge in [0.15, 0.2) is 0 Å². The van der Waals surface area contributed by atoms with Crippen molar-refractivity contribution < 1.29 is 26.3 Å². The normalized spacial score (nSPS) is 11.8. The first-order valence-electron chi connectivity index (χ1n) is 7.32. The van der Waals surface area contributed by atoms with Crippen molar-refractivity contribution >= 4 is 7.85 Å². The lowest BCUT2D eigenvalue weighted by Crippen LogP contribution is -2.20. The van der Waals surface area contributed by atoms with Gasteiger partial charge in [-0.2, -0.15) is 26.3 Å². The summed E-state index contributed by atoms with van der Waals surface area (Å²) in [6.07, 6.45) is -8.44. The lowest BCUT2D eigenvalue weighted by molar-refractivity contribution is -0.143. The zero-order chi connectivity index (χ0) is 19.1. The summed E-state index contributed by atoms with van der Waals surface area (Å²) in [7, 11) is 5.55. The lowest BCUT2D eigenvalue weighted by atomic mass is 9.67. The van der Waals surface area contributed by atoms with Crippen LogP contribution in [0.2, 0.25) is 0 Å². The van der Waals surface area contributed by atoms with Crippen molar-refractivity contribution in [3.8, 4) is 0 Å². The molecule has 0 atom stereocenters. The largest absolute Gasteiger partial charge is 0.416 e. The van der Waals surface area contributed by atoms with Crippen molar-refractivity contribution in [2.75, 3.05) is 0 Å². The van der Waals surface area contributed by atoms with Crippen LogP contribution in [-0.4, -0.2) is 7.85 Å². The molecular formula is C16H23BF6. The maximum Gasteiger partial charge on any atom is 0.416 e. The first-order valence-corrected chi connectivity index (χ1v) is 7.32. The molecule has 0 spiro atoms. The van der Waals surface area contributed by atoms with Crippen molar-refractivity contribution in [2.45, 2.75) is 65.6 Å². The van der Waals surface area contributed by atoms with Gasteiger partial charge in [0.2, 0.25) is 0 Å². The molecule has 2 radical (unpaired) electrons. The van der Waals surface area contributed by atoms with Gasteiger partial charge < -0.3 is 0 Å². The molecule has 1 rings (SSSR count). The molecule has 1 aromatic carbocycles. The van der Waals surface area contributed by atoms with Gasteiger partial charge >= 0.3 is 12.4 Å². The Morgan fingerprint density at radius 2 is 0.957 bits per heavy atom. The quantitative estimate of drug-likeness (QED) is 0.401. The molecule has 0 aliphatic rings. The molecule has 0 amide bonds. The highest BCUT2D eigenvalue weighted by atomic mass is 19.4. The topological polar surface area (TPSA) is 0 Å². The maximum absolute atomic E-state index is 12.5. The monoisotopic (exact) mass is 340 g/mol. The van der Waals surface area contributed by atoms with Crippen molar-refractivity contribution in [1.29, 1.82) is 0 Å². The Morgan fingerprint density at radius 1 is 0.739 bits per heavy atom. The number of alkyl halides is 6. The van der Waals surface area contributed by atoms with E-state index in [-0.39, 0.29) is 11.6 Å². The highest BCUT2D eigenvalue weighted by molar-refractivity contribution is 6.15. The van der Waals surface area contributed by atoms with E-state index in [1.165, 1.54) is 20.3 Å². The smallest absolute Gasteiger partial charge is 0.166 e. The fourth-order valence-corrected chi connectivity index (χ4v) is 1.33. The molecule has 0 aromatic heterocycles. The van der Waals surface area contributed by atoms with Gasteiger partial charge in [-0.3, -0.25) is 0 Å². The molecule has 7 heteroatoms. The Hall–Kier alpha value is -1.14. The first-order chi connectivity index (χ1) is 10.2. The van der Waals surface area contributed by atoms with Crippen molar-refractivity contribution in [3.63, 3.8) is 0 Å². The molecule has 0 fully saturated rings. The van der Waals surface area contributed by atoms with Crippen LogP contribution in [0.1, 0.15) is 64.7 Å². The van der Waals surface area contributed by atoms with Crippen molar-refractivity contribution in [2.24, 2.45) is 0 Å². The van der Waals surface area contributed by atoms with E-state index in [9.17, 15) is 26.3 Å². The molecule has 0 saturated carbocycles. The second kappa shape index (κ2) is 9.23. The van der Waals surface area contributed by atoms with E-state index in [0.29, 0.717) is 12.1 Å². The van der Waals surface area contributed by atoms with Gasteiger partial charge in [0.25, 0.3) is 0 Å². The van der Waals surface area contributed by atoms with Crippen LogP contribution >= 0.6 is 0 Å². The van der Waals surface area contributed by atoms with Crippen LogP contribution in [0, 0.1) is 0 Å². The summed E-state index contributed by atoms with van der Waals surface area (Å²) in [5.41, 5.74) is -2.93. The Labute approximate surface area is 135 Å². The molecule has 0 unspecified atom stereocenters. The third kappa shape index (κ3) is 8.91. The molecule has 0 saturated heterocycles. The van der Waals surface area contributed by atoms with E-state index >= 15 is 0 Å². The fraction of sp³-hybridized carbons (Fsp3) is 0.625. The Morgan fingerprint density at radius 3 is 1.13 bits per heavy atom. The molecule has 132 valence electrons. The van der Waals surface area contributed by atoms with E-state index in [2.05, 4.69) is 13.8 Å². The van der Waals surface area contributed by atoms with E-state index in [4.69, 9.17) is 7.85 Å². The number of benzene rings is 1. The highest BCUT2D eigenvalue weighted by Gasteiger charge is 2.37. The van der Waals surface area contributed by atoms with E-state index in [1.807, 2.05) is 13.8 Å². The third-order valence-electron chi connectivity index (χ3n) is 2.33. The van der Waals surface area contributed by atoms with Gasteiger partial charge in [-0.25, -0.2) is 0 Å². The number of halogens is 6. The number of hydrogen-bond donors (Lipinski definition) is 0. The standard InChI is InChI=1S/C11H9BF6.C3H8.C2H6/c1-9(2,12)6-3-7(10(13,14)15)5-8(4-6)11(16,17)18;1-3-2;1-2/h3-5H,1-2H3;3H2,1-2H3;1-2H3. The van der Waals surface area contributed by atoms with Crippen LogP contribution < -0.4 is 0 Å². The zero-order valence-electron chi connectivity index (χ0n) is 14.3. The highest BCUT2D eigenvalue weighted by Crippen LogP contribution is 2.38. The molecule has 0 N–H and O–H groups in total. The van der Waals surface area contributed by atoms with Crippen LogP contribution in [0.5, 0.6) is 0 Å². The van der Waals surface area contributed by atoms with E-state index in [1.54, 1.807) is 0 Å². The fourth-order valence-electron chi connectivity index (χ4n) is 1.33. The maximum atomic E-state index is 12.5. The summed E-state index contributed by atoms with van der Waals surface area (Å²) < 4.78 is 75.1. The third-order valence-corrected chi connectivity index (χ3v) is 2.33. The second-order valence-corrected chi connectivity index (χ2v) is 5.22. The minimum absolute atomic E-state index is 0.0786. The van der Waals surface area contributed by atoms with Gasteiger partial charge in [-0.05, 0) is 29.1 Å². The summed E-state index contributed by atoms with van der Waals surface area (Å²) >= 11 is 0. The Balaban J connectivity index is 0. The van der Waals surface area contributed by atoms with Gasteiger partial charge in [0, 0.05) is 0 Å². The second-order valence-electron chi connectivity index (χ2n) is 5.22. The minimum atomic E-state index is -4.85. The van der Waals surface area contributed by atoms with Crippen LogP contribution in [0.3, 0.4) is 0 Å². The molecular weight excluding hydrogens is 317 g/mol. The Bertz CT molecular complexity index is 376. The van der Waals surface area contributed by atoms with Crippen molar-refractivity contribution in [1.82, 2.24) is 0 Å². The summed E-state index contributed by atoms with van der Waals surface area (Å²) in [6, 6.07) is 1.35. The van der Waals surface area contributed by atoms with E-state index in [0.717, 1.165) is 0 Å². The predicted molar refractivity (Wildman–Crippen MR) is 82.5 cm³/mol. The van der Waals surface area contributed by atoms with Gasteiger partial charge in [0.05, 0.1) is 19.0 Å². The summed E-state index contributed by atoms with van der Waals surface area (Å²) in [5, 5.41) is -1.29. The summed E-state index contributed by atoms with van der Waals surface area (Å²) in [5.74, 6) is 0.